The Balaban J connectivity index is 1.68. The van der Waals surface area contributed by atoms with Crippen LogP contribution in [0.2, 0.25) is 5.02 Å². The molecule has 0 amide bonds. The highest BCUT2D eigenvalue weighted by Crippen LogP contribution is 2.49. The molecule has 1 spiro atoms. The molecule has 0 N–H and O–H groups in total. The fraction of sp³-hybridized carbons (Fsp3) is 0.429. The standard InChI is InChI=1S/C28H31ClN2OS/c1-19(2)17-31-26(32)24-25(30-27(31)33-18-21-11-5-7-13-23(21)29)22-12-6-4-10-20(22)16-28(24)14-8-3-9-15-28/h4-7,10-13,19H,3,8-9,14-18H2,1-2H3. The van der Waals surface area contributed by atoms with Gasteiger partial charge in [0.05, 0.1) is 11.3 Å². The van der Waals surface area contributed by atoms with Crippen molar-refractivity contribution in [3.05, 3.63) is 80.6 Å². The molecule has 5 heteroatoms. The normalized spacial score (nSPS) is 16.6. The van der Waals surface area contributed by atoms with Crippen molar-refractivity contribution in [2.24, 2.45) is 5.92 Å². The number of hydrogen-bond donors (Lipinski definition) is 0. The summed E-state index contributed by atoms with van der Waals surface area (Å²) in [5.41, 5.74) is 5.54. The van der Waals surface area contributed by atoms with Gasteiger partial charge in [0.25, 0.3) is 5.56 Å². The van der Waals surface area contributed by atoms with Gasteiger partial charge in [-0.15, -0.1) is 0 Å². The zero-order valence-electron chi connectivity index (χ0n) is 19.4. The van der Waals surface area contributed by atoms with Crippen LogP contribution >= 0.6 is 23.4 Å². The molecule has 2 aliphatic rings. The third kappa shape index (κ3) is 4.28. The number of rotatable bonds is 5. The summed E-state index contributed by atoms with van der Waals surface area (Å²) in [5, 5.41) is 1.56. The molecule has 0 bridgehead atoms. The number of aromatic nitrogens is 2. The van der Waals surface area contributed by atoms with Crippen LogP contribution in [0.15, 0.2) is 58.5 Å². The SMILES string of the molecule is CC(C)Cn1c(SCc2ccccc2Cl)nc2c(c1=O)C1(CCCCC1)Cc1ccccc1-2. The molecule has 2 aromatic carbocycles. The Morgan fingerprint density at radius 3 is 2.55 bits per heavy atom. The van der Waals surface area contributed by atoms with Gasteiger partial charge >= 0.3 is 0 Å². The lowest BCUT2D eigenvalue weighted by Crippen LogP contribution is -2.43. The average molecular weight is 479 g/mol. The first-order valence-electron chi connectivity index (χ1n) is 12.1. The predicted molar refractivity (Wildman–Crippen MR) is 138 cm³/mol. The molecule has 5 rings (SSSR count). The van der Waals surface area contributed by atoms with E-state index in [2.05, 4.69) is 38.1 Å². The van der Waals surface area contributed by atoms with Gasteiger partial charge in [-0.2, -0.15) is 0 Å². The van der Waals surface area contributed by atoms with E-state index in [4.69, 9.17) is 16.6 Å². The van der Waals surface area contributed by atoms with E-state index in [0.717, 1.165) is 51.8 Å². The number of nitrogens with zero attached hydrogens (tertiary/aromatic N) is 2. The lowest BCUT2D eigenvalue weighted by Gasteiger charge is -2.42. The Kier molecular flexibility index (Phi) is 6.41. The van der Waals surface area contributed by atoms with Crippen molar-refractivity contribution in [1.29, 1.82) is 0 Å². The molecule has 0 radical (unpaired) electrons. The van der Waals surface area contributed by atoms with Crippen molar-refractivity contribution in [1.82, 2.24) is 9.55 Å². The maximum absolute atomic E-state index is 14.2. The third-order valence-corrected chi connectivity index (χ3v) is 8.53. The molecule has 3 aromatic rings. The Labute approximate surface area is 205 Å². The fourth-order valence-corrected chi connectivity index (χ4v) is 6.90. The van der Waals surface area contributed by atoms with Crippen LogP contribution < -0.4 is 5.56 Å². The zero-order valence-corrected chi connectivity index (χ0v) is 21.0. The number of fused-ring (bicyclic) bond motifs is 4. The summed E-state index contributed by atoms with van der Waals surface area (Å²) >= 11 is 8.04. The highest BCUT2D eigenvalue weighted by Gasteiger charge is 2.43. The van der Waals surface area contributed by atoms with E-state index in [1.165, 1.54) is 24.8 Å². The second-order valence-electron chi connectivity index (χ2n) is 9.98. The van der Waals surface area contributed by atoms with Crippen LogP contribution in [-0.4, -0.2) is 9.55 Å². The van der Waals surface area contributed by atoms with Crippen LogP contribution in [0.25, 0.3) is 11.3 Å². The van der Waals surface area contributed by atoms with Gasteiger partial charge in [-0.25, -0.2) is 4.98 Å². The molecule has 0 unspecified atom stereocenters. The van der Waals surface area contributed by atoms with Crippen molar-refractivity contribution in [2.75, 3.05) is 0 Å². The van der Waals surface area contributed by atoms with Gasteiger partial charge in [-0.3, -0.25) is 9.36 Å². The lowest BCUT2D eigenvalue weighted by atomic mass is 9.62. The molecule has 1 heterocycles. The number of halogens is 1. The molecule has 33 heavy (non-hydrogen) atoms. The van der Waals surface area contributed by atoms with Gasteiger partial charge in [-0.05, 0) is 42.4 Å². The first kappa shape index (κ1) is 22.7. The number of hydrogen-bond acceptors (Lipinski definition) is 3. The molecule has 2 aliphatic carbocycles. The second kappa shape index (κ2) is 9.31. The van der Waals surface area contributed by atoms with Crippen LogP contribution in [0.1, 0.15) is 62.6 Å². The van der Waals surface area contributed by atoms with E-state index in [0.29, 0.717) is 18.2 Å². The summed E-state index contributed by atoms with van der Waals surface area (Å²) in [6.07, 6.45) is 6.76. The molecule has 0 aliphatic heterocycles. The lowest BCUT2D eigenvalue weighted by molar-refractivity contribution is 0.281. The van der Waals surface area contributed by atoms with Crippen molar-refractivity contribution in [3.63, 3.8) is 0 Å². The van der Waals surface area contributed by atoms with E-state index < -0.39 is 0 Å². The van der Waals surface area contributed by atoms with Crippen LogP contribution in [0.3, 0.4) is 0 Å². The minimum atomic E-state index is -0.0727. The molecule has 172 valence electrons. The second-order valence-corrected chi connectivity index (χ2v) is 11.3. The smallest absolute Gasteiger partial charge is 0.258 e. The first-order valence-corrected chi connectivity index (χ1v) is 13.4. The number of benzene rings is 2. The molecular weight excluding hydrogens is 448 g/mol. The Bertz CT molecular complexity index is 1230. The number of thioether (sulfide) groups is 1. The summed E-state index contributed by atoms with van der Waals surface area (Å²) in [6, 6.07) is 16.5. The molecule has 3 nitrogen and oxygen atoms in total. The van der Waals surface area contributed by atoms with Gasteiger partial charge in [0.2, 0.25) is 0 Å². The van der Waals surface area contributed by atoms with Gasteiger partial charge in [-0.1, -0.05) is 98.9 Å². The van der Waals surface area contributed by atoms with Crippen LogP contribution in [0.4, 0.5) is 0 Å². The average Bonchev–Trinajstić information content (AvgIpc) is 2.81. The van der Waals surface area contributed by atoms with E-state index in [-0.39, 0.29) is 11.0 Å². The molecule has 0 atom stereocenters. The van der Waals surface area contributed by atoms with Crippen molar-refractivity contribution >= 4 is 23.4 Å². The molecule has 0 saturated heterocycles. The third-order valence-electron chi connectivity index (χ3n) is 7.14. The topological polar surface area (TPSA) is 34.9 Å². The summed E-state index contributed by atoms with van der Waals surface area (Å²) in [5.74, 6) is 1.05. The van der Waals surface area contributed by atoms with Gasteiger partial charge in [0.1, 0.15) is 0 Å². The van der Waals surface area contributed by atoms with Crippen molar-refractivity contribution in [3.8, 4) is 11.3 Å². The van der Waals surface area contributed by atoms with Gasteiger partial charge < -0.3 is 0 Å². The van der Waals surface area contributed by atoms with Crippen LogP contribution in [0, 0.1) is 5.92 Å². The summed E-state index contributed by atoms with van der Waals surface area (Å²) in [4.78, 5) is 19.5. The Morgan fingerprint density at radius 1 is 1.06 bits per heavy atom. The monoisotopic (exact) mass is 478 g/mol. The predicted octanol–water partition coefficient (Wildman–Crippen LogP) is 7.27. The highest BCUT2D eigenvalue weighted by molar-refractivity contribution is 7.98. The summed E-state index contributed by atoms with van der Waals surface area (Å²) < 4.78 is 1.95. The van der Waals surface area contributed by atoms with E-state index >= 15 is 0 Å². The van der Waals surface area contributed by atoms with E-state index in [9.17, 15) is 4.79 Å². The largest absolute Gasteiger partial charge is 0.287 e. The summed E-state index contributed by atoms with van der Waals surface area (Å²) in [7, 11) is 0. The van der Waals surface area contributed by atoms with Crippen molar-refractivity contribution < 1.29 is 0 Å². The molecule has 1 saturated carbocycles. The molecule has 1 aromatic heterocycles. The Morgan fingerprint density at radius 2 is 1.79 bits per heavy atom. The van der Waals surface area contributed by atoms with E-state index in [1.54, 1.807) is 11.8 Å². The van der Waals surface area contributed by atoms with Crippen LogP contribution in [-0.2, 0) is 24.1 Å². The van der Waals surface area contributed by atoms with Gasteiger partial charge in [0, 0.05) is 28.3 Å². The molecule has 1 fully saturated rings. The maximum Gasteiger partial charge on any atom is 0.258 e. The summed E-state index contributed by atoms with van der Waals surface area (Å²) in [6.45, 7) is 5.02. The van der Waals surface area contributed by atoms with E-state index in [1.807, 2.05) is 28.8 Å². The highest BCUT2D eigenvalue weighted by atomic mass is 35.5. The van der Waals surface area contributed by atoms with Crippen LogP contribution in [0.5, 0.6) is 0 Å². The minimum Gasteiger partial charge on any atom is -0.287 e. The quantitative estimate of drug-likeness (QED) is 0.285. The zero-order chi connectivity index (χ0) is 23.0. The molecular formula is C28H31ClN2OS. The fourth-order valence-electron chi connectivity index (χ4n) is 5.62. The first-order chi connectivity index (χ1) is 16.0. The Hall–Kier alpha value is -2.04. The minimum absolute atomic E-state index is 0.0727. The van der Waals surface area contributed by atoms with Crippen molar-refractivity contribution in [2.45, 2.75) is 75.2 Å². The van der Waals surface area contributed by atoms with Gasteiger partial charge in [0.15, 0.2) is 5.16 Å². The maximum atomic E-state index is 14.2.